The number of aliphatic carboxylic acids is 1. The Kier molecular flexibility index (Phi) is 4.85. The van der Waals surface area contributed by atoms with Gasteiger partial charge in [-0.05, 0) is 6.42 Å². The second kappa shape index (κ2) is 6.15. The smallest absolute Gasteiger partial charge is 0.303 e. The normalized spacial score (nSPS) is 12.2. The van der Waals surface area contributed by atoms with Crippen LogP contribution in [0.25, 0.3) is 0 Å². The predicted molar refractivity (Wildman–Crippen MR) is 64.5 cm³/mol. The highest BCUT2D eigenvalue weighted by atomic mass is 16.4. The summed E-state index contributed by atoms with van der Waals surface area (Å²) in [6.45, 7) is 0.350. The van der Waals surface area contributed by atoms with E-state index in [9.17, 15) is 9.59 Å². The van der Waals surface area contributed by atoms with Gasteiger partial charge in [0.15, 0.2) is 0 Å². The first-order valence-electron chi connectivity index (χ1n) is 5.60. The van der Waals surface area contributed by atoms with Crippen LogP contribution < -0.4 is 5.73 Å². The van der Waals surface area contributed by atoms with Gasteiger partial charge in [0.1, 0.15) is 5.82 Å². The Balaban J connectivity index is 2.50. The van der Waals surface area contributed by atoms with Crippen LogP contribution in [0.3, 0.4) is 0 Å². The molecule has 1 atom stereocenters. The SMILES string of the molecule is CN(Cc1nccn1C)C(=O)C(N)CCC(=O)O. The van der Waals surface area contributed by atoms with E-state index in [1.807, 2.05) is 11.6 Å². The number of carboxylic acid groups (broad SMARTS) is 1. The molecule has 1 aromatic rings. The predicted octanol–water partition coefficient (Wildman–Crippen LogP) is -0.429. The maximum atomic E-state index is 11.9. The molecule has 100 valence electrons. The molecule has 0 saturated heterocycles. The highest BCUT2D eigenvalue weighted by Gasteiger charge is 2.19. The number of carboxylic acids is 1. The van der Waals surface area contributed by atoms with E-state index in [2.05, 4.69) is 4.98 Å². The molecule has 0 radical (unpaired) electrons. The average molecular weight is 254 g/mol. The maximum absolute atomic E-state index is 11.9. The first-order valence-corrected chi connectivity index (χ1v) is 5.60. The van der Waals surface area contributed by atoms with E-state index in [0.29, 0.717) is 6.54 Å². The molecule has 0 saturated carbocycles. The summed E-state index contributed by atoms with van der Waals surface area (Å²) in [5, 5.41) is 8.53. The summed E-state index contributed by atoms with van der Waals surface area (Å²) in [4.78, 5) is 27.8. The Morgan fingerprint density at radius 3 is 2.78 bits per heavy atom. The van der Waals surface area contributed by atoms with Gasteiger partial charge in [0, 0.05) is 32.9 Å². The van der Waals surface area contributed by atoms with Crippen LogP contribution in [0.1, 0.15) is 18.7 Å². The van der Waals surface area contributed by atoms with E-state index in [4.69, 9.17) is 10.8 Å². The van der Waals surface area contributed by atoms with Crippen molar-refractivity contribution in [2.24, 2.45) is 12.8 Å². The zero-order chi connectivity index (χ0) is 13.7. The molecule has 1 amide bonds. The first-order chi connectivity index (χ1) is 8.41. The summed E-state index contributed by atoms with van der Waals surface area (Å²) in [7, 11) is 3.46. The Bertz CT molecular complexity index is 430. The van der Waals surface area contributed by atoms with Crippen molar-refractivity contribution < 1.29 is 14.7 Å². The minimum absolute atomic E-state index is 0.108. The topological polar surface area (TPSA) is 101 Å². The molecule has 1 unspecified atom stereocenters. The zero-order valence-electron chi connectivity index (χ0n) is 10.5. The summed E-state index contributed by atoms with van der Waals surface area (Å²) < 4.78 is 1.81. The van der Waals surface area contributed by atoms with Crippen molar-refractivity contribution in [2.45, 2.75) is 25.4 Å². The van der Waals surface area contributed by atoms with Crippen LogP contribution in [0.2, 0.25) is 0 Å². The minimum atomic E-state index is -0.954. The molecule has 18 heavy (non-hydrogen) atoms. The Labute approximate surface area is 105 Å². The molecule has 0 spiro atoms. The highest BCUT2D eigenvalue weighted by molar-refractivity contribution is 5.82. The van der Waals surface area contributed by atoms with Gasteiger partial charge >= 0.3 is 5.97 Å². The molecule has 7 nitrogen and oxygen atoms in total. The third-order valence-corrected chi connectivity index (χ3v) is 2.66. The highest BCUT2D eigenvalue weighted by Crippen LogP contribution is 2.04. The van der Waals surface area contributed by atoms with Crippen LogP contribution in [-0.2, 0) is 23.2 Å². The number of nitrogens with two attached hydrogens (primary N) is 1. The summed E-state index contributed by atoms with van der Waals surface area (Å²) in [6.07, 6.45) is 3.47. The van der Waals surface area contributed by atoms with Gasteiger partial charge in [-0.25, -0.2) is 4.98 Å². The molecule has 0 fully saturated rings. The van der Waals surface area contributed by atoms with Crippen molar-refractivity contribution in [3.8, 4) is 0 Å². The molecular formula is C11H18N4O3. The van der Waals surface area contributed by atoms with E-state index in [1.165, 1.54) is 4.90 Å². The van der Waals surface area contributed by atoms with Crippen LogP contribution in [0.4, 0.5) is 0 Å². The molecule has 1 rings (SSSR count). The standard InChI is InChI=1S/C11H18N4O3/c1-14-6-5-13-9(14)7-15(2)11(18)8(12)3-4-10(16)17/h5-6,8H,3-4,7,12H2,1-2H3,(H,16,17). The molecule has 0 aromatic carbocycles. The van der Waals surface area contributed by atoms with Crippen molar-refractivity contribution in [1.29, 1.82) is 0 Å². The molecule has 0 bridgehead atoms. The van der Waals surface area contributed by atoms with Crippen LogP contribution >= 0.6 is 0 Å². The van der Waals surface area contributed by atoms with Gasteiger partial charge < -0.3 is 20.3 Å². The summed E-state index contributed by atoms with van der Waals surface area (Å²) in [6, 6.07) is -0.786. The monoisotopic (exact) mass is 254 g/mol. The lowest BCUT2D eigenvalue weighted by Gasteiger charge is -2.20. The maximum Gasteiger partial charge on any atom is 0.303 e. The van der Waals surface area contributed by atoms with Gasteiger partial charge in [-0.15, -0.1) is 0 Å². The van der Waals surface area contributed by atoms with Crippen molar-refractivity contribution in [2.75, 3.05) is 7.05 Å². The molecule has 7 heteroatoms. The van der Waals surface area contributed by atoms with Crippen LogP contribution in [0.15, 0.2) is 12.4 Å². The van der Waals surface area contributed by atoms with Gasteiger partial charge in [0.25, 0.3) is 0 Å². The number of carbonyl (C=O) groups excluding carboxylic acids is 1. The fourth-order valence-electron chi connectivity index (χ4n) is 1.52. The minimum Gasteiger partial charge on any atom is -0.481 e. The third kappa shape index (κ3) is 3.85. The summed E-state index contributed by atoms with van der Waals surface area (Å²) in [5.74, 6) is -0.486. The van der Waals surface area contributed by atoms with Gasteiger partial charge in [0.05, 0.1) is 12.6 Å². The largest absolute Gasteiger partial charge is 0.481 e. The van der Waals surface area contributed by atoms with E-state index < -0.39 is 12.0 Å². The number of aromatic nitrogens is 2. The average Bonchev–Trinajstić information content (AvgIpc) is 2.70. The fourth-order valence-corrected chi connectivity index (χ4v) is 1.52. The van der Waals surface area contributed by atoms with Gasteiger partial charge in [-0.2, -0.15) is 0 Å². The third-order valence-electron chi connectivity index (χ3n) is 2.66. The van der Waals surface area contributed by atoms with Crippen molar-refractivity contribution in [3.63, 3.8) is 0 Å². The van der Waals surface area contributed by atoms with E-state index in [1.54, 1.807) is 19.4 Å². The number of carbonyl (C=O) groups is 2. The van der Waals surface area contributed by atoms with Gasteiger partial charge in [0.2, 0.25) is 5.91 Å². The number of hydrogen-bond donors (Lipinski definition) is 2. The molecule has 3 N–H and O–H groups in total. The molecule has 1 heterocycles. The molecule has 0 aliphatic carbocycles. The molecule has 1 aromatic heterocycles. The number of imidazole rings is 1. The van der Waals surface area contributed by atoms with E-state index >= 15 is 0 Å². The molecular weight excluding hydrogens is 236 g/mol. The quantitative estimate of drug-likeness (QED) is 0.717. The zero-order valence-corrected chi connectivity index (χ0v) is 10.5. The Hall–Kier alpha value is -1.89. The second-order valence-corrected chi connectivity index (χ2v) is 4.19. The molecule has 0 aliphatic rings. The van der Waals surface area contributed by atoms with Crippen molar-refractivity contribution >= 4 is 11.9 Å². The van der Waals surface area contributed by atoms with E-state index in [0.717, 1.165) is 5.82 Å². The lowest BCUT2D eigenvalue weighted by molar-refractivity contribution is -0.137. The van der Waals surface area contributed by atoms with Crippen LogP contribution in [0.5, 0.6) is 0 Å². The summed E-state index contributed by atoms with van der Waals surface area (Å²) >= 11 is 0. The van der Waals surface area contributed by atoms with Crippen molar-refractivity contribution in [1.82, 2.24) is 14.5 Å². The van der Waals surface area contributed by atoms with Gasteiger partial charge in [-0.3, -0.25) is 9.59 Å². The number of likely N-dealkylation sites (N-methyl/N-ethyl adjacent to an activating group) is 1. The van der Waals surface area contributed by atoms with E-state index in [-0.39, 0.29) is 18.7 Å². The lowest BCUT2D eigenvalue weighted by Crippen LogP contribution is -2.42. The number of hydrogen-bond acceptors (Lipinski definition) is 4. The number of rotatable bonds is 6. The lowest BCUT2D eigenvalue weighted by atomic mass is 10.1. The van der Waals surface area contributed by atoms with Crippen LogP contribution in [0, 0.1) is 0 Å². The number of aryl methyl sites for hydroxylation is 1. The molecule has 0 aliphatic heterocycles. The number of nitrogens with zero attached hydrogens (tertiary/aromatic N) is 3. The first kappa shape index (κ1) is 14.2. The number of amides is 1. The Morgan fingerprint density at radius 2 is 2.28 bits per heavy atom. The van der Waals surface area contributed by atoms with Gasteiger partial charge in [-0.1, -0.05) is 0 Å². The van der Waals surface area contributed by atoms with Crippen molar-refractivity contribution in [3.05, 3.63) is 18.2 Å². The van der Waals surface area contributed by atoms with Crippen LogP contribution in [-0.4, -0.2) is 44.5 Å². The fraction of sp³-hybridized carbons (Fsp3) is 0.545. The Morgan fingerprint density at radius 1 is 1.61 bits per heavy atom. The summed E-state index contributed by atoms with van der Waals surface area (Å²) in [5.41, 5.74) is 5.65. The second-order valence-electron chi connectivity index (χ2n) is 4.19.